The van der Waals surface area contributed by atoms with Gasteiger partial charge < -0.3 is 9.55 Å². The molecule has 0 aliphatic rings. The van der Waals surface area contributed by atoms with Gasteiger partial charge in [0.2, 0.25) is 0 Å². The number of hydrogen-bond donors (Lipinski definition) is 2. The van der Waals surface area contributed by atoms with Crippen LogP contribution in [-0.2, 0) is 17.2 Å². The minimum atomic E-state index is -4.16. The number of nitrogens with zero attached hydrogens (tertiary/aromatic N) is 1. The molecular formula is C8H8N2O3S2. The minimum absolute atomic E-state index is 0.146. The molecular weight excluding hydrogens is 236 g/mol. The summed E-state index contributed by atoms with van der Waals surface area (Å²) in [4.78, 5) is 2.70. The molecule has 1 heterocycles. The summed E-state index contributed by atoms with van der Waals surface area (Å²) in [7, 11) is -2.39. The summed E-state index contributed by atoms with van der Waals surface area (Å²) in [6.07, 6.45) is 0. The average molecular weight is 244 g/mol. The monoisotopic (exact) mass is 244 g/mol. The van der Waals surface area contributed by atoms with E-state index in [1.165, 1.54) is 12.1 Å². The summed E-state index contributed by atoms with van der Waals surface area (Å²) in [5.41, 5.74) is 1.37. The molecule has 0 fully saturated rings. The summed E-state index contributed by atoms with van der Waals surface area (Å²) < 4.78 is 32.8. The zero-order valence-electron chi connectivity index (χ0n) is 7.76. The number of imidazole rings is 1. The van der Waals surface area contributed by atoms with Crippen LogP contribution in [0.3, 0.4) is 0 Å². The third-order valence-corrected chi connectivity index (χ3v) is 3.40. The largest absolute Gasteiger partial charge is 0.331 e. The third kappa shape index (κ3) is 1.69. The van der Waals surface area contributed by atoms with Crippen LogP contribution in [0.4, 0.5) is 0 Å². The summed E-state index contributed by atoms with van der Waals surface area (Å²) in [5, 5.41) is 0. The Bertz CT molecular complexity index is 681. The molecule has 0 amide bonds. The molecule has 0 unspecified atom stereocenters. The molecule has 15 heavy (non-hydrogen) atoms. The van der Waals surface area contributed by atoms with Crippen LogP contribution < -0.4 is 0 Å². The molecule has 80 valence electrons. The van der Waals surface area contributed by atoms with Crippen LogP contribution in [0.15, 0.2) is 23.1 Å². The molecule has 0 saturated carbocycles. The Balaban J connectivity index is 2.84. The number of rotatable bonds is 1. The van der Waals surface area contributed by atoms with E-state index >= 15 is 0 Å². The zero-order chi connectivity index (χ0) is 11.2. The number of H-pyrrole nitrogens is 1. The van der Waals surface area contributed by atoms with Gasteiger partial charge in [0.15, 0.2) is 4.77 Å². The highest BCUT2D eigenvalue weighted by molar-refractivity contribution is 7.85. The van der Waals surface area contributed by atoms with E-state index in [0.717, 1.165) is 5.52 Å². The van der Waals surface area contributed by atoms with E-state index in [-0.39, 0.29) is 4.90 Å². The Kier molecular flexibility index (Phi) is 2.18. The van der Waals surface area contributed by atoms with E-state index in [9.17, 15) is 8.42 Å². The van der Waals surface area contributed by atoms with Crippen molar-refractivity contribution in [2.75, 3.05) is 0 Å². The van der Waals surface area contributed by atoms with Crippen LogP contribution in [0, 0.1) is 4.77 Å². The lowest BCUT2D eigenvalue weighted by molar-refractivity contribution is 0.483. The first-order chi connectivity index (χ1) is 6.89. The van der Waals surface area contributed by atoms with Crippen molar-refractivity contribution in [3.05, 3.63) is 23.0 Å². The first-order valence-electron chi connectivity index (χ1n) is 4.06. The van der Waals surface area contributed by atoms with E-state index in [1.807, 2.05) is 0 Å². The van der Waals surface area contributed by atoms with Crippen molar-refractivity contribution in [2.24, 2.45) is 7.05 Å². The fourth-order valence-corrected chi connectivity index (χ4v) is 2.09. The number of hydrogen-bond acceptors (Lipinski definition) is 3. The van der Waals surface area contributed by atoms with Crippen molar-refractivity contribution in [2.45, 2.75) is 4.90 Å². The number of fused-ring (bicyclic) bond motifs is 1. The van der Waals surface area contributed by atoms with E-state index in [0.29, 0.717) is 10.3 Å². The number of benzene rings is 1. The van der Waals surface area contributed by atoms with Gasteiger partial charge in [-0.3, -0.25) is 4.55 Å². The van der Waals surface area contributed by atoms with Crippen LogP contribution in [0.25, 0.3) is 11.0 Å². The van der Waals surface area contributed by atoms with Gasteiger partial charge in [0.1, 0.15) is 0 Å². The summed E-state index contributed by atoms with van der Waals surface area (Å²) >= 11 is 4.99. The maximum atomic E-state index is 10.9. The van der Waals surface area contributed by atoms with E-state index in [4.69, 9.17) is 16.8 Å². The second kappa shape index (κ2) is 3.16. The van der Waals surface area contributed by atoms with Crippen LogP contribution in [-0.4, -0.2) is 22.5 Å². The van der Waals surface area contributed by atoms with Gasteiger partial charge in [0.25, 0.3) is 10.1 Å². The van der Waals surface area contributed by atoms with Gasteiger partial charge in [-0.05, 0) is 30.4 Å². The molecule has 5 nitrogen and oxygen atoms in total. The Morgan fingerprint density at radius 2 is 2.13 bits per heavy atom. The molecule has 0 atom stereocenters. The smallest absolute Gasteiger partial charge is 0.294 e. The molecule has 1 aromatic carbocycles. The van der Waals surface area contributed by atoms with Crippen LogP contribution in [0.1, 0.15) is 0 Å². The van der Waals surface area contributed by atoms with Crippen LogP contribution >= 0.6 is 12.2 Å². The quantitative estimate of drug-likeness (QED) is 0.588. The fourth-order valence-electron chi connectivity index (χ4n) is 1.38. The molecule has 0 bridgehead atoms. The predicted octanol–water partition coefficient (Wildman–Crippen LogP) is 1.48. The molecule has 2 N–H and O–H groups in total. The van der Waals surface area contributed by atoms with Gasteiger partial charge in [-0.15, -0.1) is 0 Å². The summed E-state index contributed by atoms with van der Waals surface area (Å²) in [6, 6.07) is 4.27. The lowest BCUT2D eigenvalue weighted by Gasteiger charge is -1.97. The summed E-state index contributed by atoms with van der Waals surface area (Å²) in [6.45, 7) is 0. The average Bonchev–Trinajstić information content (AvgIpc) is 2.41. The molecule has 0 aliphatic heterocycles. The molecule has 0 aliphatic carbocycles. The van der Waals surface area contributed by atoms with Crippen molar-refractivity contribution in [1.82, 2.24) is 9.55 Å². The molecule has 0 saturated heterocycles. The van der Waals surface area contributed by atoms with Gasteiger partial charge in [-0.2, -0.15) is 8.42 Å². The lowest BCUT2D eigenvalue weighted by atomic mass is 10.3. The third-order valence-electron chi connectivity index (χ3n) is 2.17. The van der Waals surface area contributed by atoms with Gasteiger partial charge in [0.05, 0.1) is 15.9 Å². The number of aromatic amines is 1. The van der Waals surface area contributed by atoms with Crippen molar-refractivity contribution >= 4 is 33.4 Å². The fraction of sp³-hybridized carbons (Fsp3) is 0.125. The first kappa shape index (κ1) is 10.3. The Morgan fingerprint density at radius 3 is 2.73 bits per heavy atom. The minimum Gasteiger partial charge on any atom is -0.331 e. The van der Waals surface area contributed by atoms with Crippen molar-refractivity contribution < 1.29 is 13.0 Å². The van der Waals surface area contributed by atoms with E-state index in [1.54, 1.807) is 17.7 Å². The number of nitrogens with one attached hydrogen (secondary N) is 1. The summed E-state index contributed by atoms with van der Waals surface area (Å²) in [5.74, 6) is 0. The molecule has 1 aromatic heterocycles. The standard InChI is InChI=1S/C8H8N2O3S2/c1-10-7-3-2-5(15(11,12)13)4-6(7)9-8(10)14/h2-4H,1H3,(H,9,14)(H,11,12,13). The molecule has 0 spiro atoms. The highest BCUT2D eigenvalue weighted by atomic mass is 32.2. The Labute approximate surface area is 91.1 Å². The van der Waals surface area contributed by atoms with Crippen molar-refractivity contribution in [3.8, 4) is 0 Å². The Hall–Kier alpha value is -1.18. The van der Waals surface area contributed by atoms with Gasteiger partial charge in [0, 0.05) is 7.05 Å². The van der Waals surface area contributed by atoms with Crippen molar-refractivity contribution in [1.29, 1.82) is 0 Å². The van der Waals surface area contributed by atoms with E-state index < -0.39 is 10.1 Å². The highest BCUT2D eigenvalue weighted by Crippen LogP contribution is 2.17. The molecule has 2 aromatic rings. The number of aromatic nitrogens is 2. The maximum Gasteiger partial charge on any atom is 0.294 e. The van der Waals surface area contributed by atoms with Gasteiger partial charge in [-0.25, -0.2) is 0 Å². The second-order valence-electron chi connectivity index (χ2n) is 3.14. The second-order valence-corrected chi connectivity index (χ2v) is 4.95. The molecule has 7 heteroatoms. The lowest BCUT2D eigenvalue weighted by Crippen LogP contribution is -1.97. The van der Waals surface area contributed by atoms with Gasteiger partial charge >= 0.3 is 0 Å². The van der Waals surface area contributed by atoms with E-state index in [2.05, 4.69) is 4.98 Å². The van der Waals surface area contributed by atoms with Crippen molar-refractivity contribution in [3.63, 3.8) is 0 Å². The molecule has 0 radical (unpaired) electrons. The van der Waals surface area contributed by atoms with Crippen LogP contribution in [0.2, 0.25) is 0 Å². The van der Waals surface area contributed by atoms with Gasteiger partial charge in [-0.1, -0.05) is 0 Å². The van der Waals surface area contributed by atoms with Crippen LogP contribution in [0.5, 0.6) is 0 Å². The topological polar surface area (TPSA) is 75.1 Å². The SMILES string of the molecule is Cn1c(=S)[nH]c2cc(S(=O)(=O)O)ccc21. The first-order valence-corrected chi connectivity index (χ1v) is 5.90. The highest BCUT2D eigenvalue weighted by Gasteiger charge is 2.11. The zero-order valence-corrected chi connectivity index (χ0v) is 9.39. The predicted molar refractivity (Wildman–Crippen MR) is 57.9 cm³/mol. The normalized spacial score (nSPS) is 12.1. The molecule has 2 rings (SSSR count). The maximum absolute atomic E-state index is 10.9. The number of aryl methyl sites for hydroxylation is 1. The Morgan fingerprint density at radius 1 is 1.47 bits per heavy atom.